The summed E-state index contributed by atoms with van der Waals surface area (Å²) in [6, 6.07) is 3.81. The SMILES string of the molecule is Nc1ccc(C(=O)Nc2ncc(Br)nc2Br)cc1F. The van der Waals surface area contributed by atoms with Crippen LogP contribution in [0.4, 0.5) is 15.9 Å². The van der Waals surface area contributed by atoms with E-state index in [1.54, 1.807) is 0 Å². The van der Waals surface area contributed by atoms with Crippen LogP contribution < -0.4 is 11.1 Å². The molecule has 8 heteroatoms. The first kappa shape index (κ1) is 13.9. The van der Waals surface area contributed by atoms with Crippen molar-refractivity contribution in [2.45, 2.75) is 0 Å². The number of nitrogens with one attached hydrogen (secondary N) is 1. The summed E-state index contributed by atoms with van der Waals surface area (Å²) in [5.41, 5.74) is 5.47. The zero-order valence-electron chi connectivity index (χ0n) is 9.32. The van der Waals surface area contributed by atoms with Crippen LogP contribution in [0.5, 0.6) is 0 Å². The summed E-state index contributed by atoms with van der Waals surface area (Å²) in [4.78, 5) is 19.9. The average Bonchev–Trinajstić information content (AvgIpc) is 2.36. The van der Waals surface area contributed by atoms with Crippen LogP contribution in [0.1, 0.15) is 10.4 Å². The standard InChI is InChI=1S/C11H7Br2FN4O/c12-8-4-16-10(9(13)17-8)18-11(19)5-1-2-7(15)6(14)3-5/h1-4H,15H2,(H,16,18,19). The van der Waals surface area contributed by atoms with Crippen LogP contribution in [0.3, 0.4) is 0 Å². The molecule has 0 aliphatic heterocycles. The van der Waals surface area contributed by atoms with E-state index in [0.717, 1.165) is 6.07 Å². The number of benzene rings is 1. The molecule has 0 atom stereocenters. The second-order valence-corrected chi connectivity index (χ2v) is 5.09. The molecule has 0 saturated carbocycles. The van der Waals surface area contributed by atoms with E-state index in [-0.39, 0.29) is 17.1 Å². The first-order chi connectivity index (χ1) is 8.97. The van der Waals surface area contributed by atoms with E-state index in [2.05, 4.69) is 47.1 Å². The molecule has 0 aliphatic rings. The Bertz CT molecular complexity index is 651. The molecule has 1 aromatic heterocycles. The molecule has 0 saturated heterocycles. The Morgan fingerprint density at radius 2 is 2.11 bits per heavy atom. The van der Waals surface area contributed by atoms with Crippen LogP contribution >= 0.6 is 31.9 Å². The van der Waals surface area contributed by atoms with Crippen LogP contribution in [0.25, 0.3) is 0 Å². The van der Waals surface area contributed by atoms with E-state index in [1.807, 2.05) is 0 Å². The summed E-state index contributed by atoms with van der Waals surface area (Å²) >= 11 is 6.31. The van der Waals surface area contributed by atoms with Crippen molar-refractivity contribution in [3.8, 4) is 0 Å². The van der Waals surface area contributed by atoms with Crippen molar-refractivity contribution in [1.29, 1.82) is 0 Å². The molecule has 98 valence electrons. The minimum atomic E-state index is -0.645. The van der Waals surface area contributed by atoms with Crippen molar-refractivity contribution in [1.82, 2.24) is 9.97 Å². The predicted molar refractivity (Wildman–Crippen MR) is 76.2 cm³/mol. The fourth-order valence-corrected chi connectivity index (χ4v) is 2.19. The second-order valence-electron chi connectivity index (χ2n) is 3.52. The zero-order chi connectivity index (χ0) is 14.0. The van der Waals surface area contributed by atoms with Crippen LogP contribution in [0.2, 0.25) is 0 Å². The molecule has 5 nitrogen and oxygen atoms in total. The third-order valence-electron chi connectivity index (χ3n) is 2.20. The summed E-state index contributed by atoms with van der Waals surface area (Å²) in [6.07, 6.45) is 1.43. The van der Waals surface area contributed by atoms with E-state index >= 15 is 0 Å². The van der Waals surface area contributed by atoms with Crippen molar-refractivity contribution < 1.29 is 9.18 Å². The maximum absolute atomic E-state index is 13.3. The van der Waals surface area contributed by atoms with E-state index in [9.17, 15) is 9.18 Å². The van der Waals surface area contributed by atoms with Crippen molar-refractivity contribution in [2.75, 3.05) is 11.1 Å². The van der Waals surface area contributed by atoms with Crippen LogP contribution in [0, 0.1) is 5.82 Å². The van der Waals surface area contributed by atoms with Gasteiger partial charge < -0.3 is 11.1 Å². The fourth-order valence-electron chi connectivity index (χ4n) is 1.28. The number of amides is 1. The highest BCUT2D eigenvalue weighted by atomic mass is 79.9. The van der Waals surface area contributed by atoms with Crippen molar-refractivity contribution in [3.63, 3.8) is 0 Å². The van der Waals surface area contributed by atoms with Crippen LogP contribution in [-0.2, 0) is 0 Å². The zero-order valence-corrected chi connectivity index (χ0v) is 12.5. The molecule has 0 spiro atoms. The van der Waals surface area contributed by atoms with E-state index in [1.165, 1.54) is 18.3 Å². The molecule has 1 heterocycles. The number of aromatic nitrogens is 2. The van der Waals surface area contributed by atoms with Crippen molar-refractivity contribution in [2.24, 2.45) is 0 Å². The first-order valence-electron chi connectivity index (χ1n) is 5.02. The molecule has 2 aromatic rings. The molecule has 19 heavy (non-hydrogen) atoms. The van der Waals surface area contributed by atoms with Gasteiger partial charge in [0.15, 0.2) is 5.82 Å². The summed E-state index contributed by atoms with van der Waals surface area (Å²) in [5.74, 6) is -0.907. The van der Waals surface area contributed by atoms with Gasteiger partial charge in [-0.2, -0.15) is 0 Å². The summed E-state index contributed by atoms with van der Waals surface area (Å²) in [6.45, 7) is 0. The third-order valence-corrected chi connectivity index (χ3v) is 3.13. The minimum Gasteiger partial charge on any atom is -0.396 e. The number of anilines is 2. The van der Waals surface area contributed by atoms with Gasteiger partial charge in [-0.25, -0.2) is 14.4 Å². The van der Waals surface area contributed by atoms with E-state index in [0.29, 0.717) is 9.21 Å². The first-order valence-corrected chi connectivity index (χ1v) is 6.60. The quantitative estimate of drug-likeness (QED) is 0.773. The maximum atomic E-state index is 13.3. The molecule has 0 unspecified atom stereocenters. The molecular formula is C11H7Br2FN4O. The smallest absolute Gasteiger partial charge is 0.256 e. The summed E-state index contributed by atoms with van der Waals surface area (Å²) in [7, 11) is 0. The lowest BCUT2D eigenvalue weighted by Crippen LogP contribution is -2.14. The number of hydrogen-bond acceptors (Lipinski definition) is 4. The second kappa shape index (κ2) is 5.62. The lowest BCUT2D eigenvalue weighted by molar-refractivity contribution is 0.102. The number of carbonyl (C=O) groups excluding carboxylic acids is 1. The van der Waals surface area contributed by atoms with Gasteiger partial charge in [0.1, 0.15) is 15.0 Å². The number of nitrogen functional groups attached to an aromatic ring is 1. The molecule has 1 amide bonds. The fraction of sp³-hybridized carbons (Fsp3) is 0. The van der Waals surface area contributed by atoms with E-state index < -0.39 is 11.7 Å². The largest absolute Gasteiger partial charge is 0.396 e. The number of rotatable bonds is 2. The predicted octanol–water partition coefficient (Wildman–Crippen LogP) is 2.98. The molecule has 3 N–H and O–H groups in total. The highest BCUT2D eigenvalue weighted by molar-refractivity contribution is 9.11. The van der Waals surface area contributed by atoms with Gasteiger partial charge >= 0.3 is 0 Å². The van der Waals surface area contributed by atoms with Gasteiger partial charge in [-0.15, -0.1) is 0 Å². The van der Waals surface area contributed by atoms with Gasteiger partial charge in [0, 0.05) is 5.56 Å². The van der Waals surface area contributed by atoms with Crippen molar-refractivity contribution >= 4 is 49.3 Å². The Morgan fingerprint density at radius 3 is 2.74 bits per heavy atom. The van der Waals surface area contributed by atoms with Gasteiger partial charge in [-0.1, -0.05) is 0 Å². The highest BCUT2D eigenvalue weighted by Crippen LogP contribution is 2.20. The van der Waals surface area contributed by atoms with Gasteiger partial charge in [-0.3, -0.25) is 4.79 Å². The topological polar surface area (TPSA) is 80.9 Å². The Kier molecular flexibility index (Phi) is 4.11. The highest BCUT2D eigenvalue weighted by Gasteiger charge is 2.12. The van der Waals surface area contributed by atoms with Gasteiger partial charge in [0.25, 0.3) is 5.91 Å². The minimum absolute atomic E-state index is 0.0128. The van der Waals surface area contributed by atoms with Crippen molar-refractivity contribution in [3.05, 3.63) is 45.0 Å². The number of nitrogens with zero attached hydrogens (tertiary/aromatic N) is 2. The Hall–Kier alpha value is -1.54. The monoisotopic (exact) mass is 388 g/mol. The molecule has 1 aromatic carbocycles. The average molecular weight is 390 g/mol. The summed E-state index contributed by atoms with van der Waals surface area (Å²) < 4.78 is 14.2. The van der Waals surface area contributed by atoms with Crippen LogP contribution in [0.15, 0.2) is 33.6 Å². The Balaban J connectivity index is 2.23. The molecule has 2 rings (SSSR count). The van der Waals surface area contributed by atoms with Gasteiger partial charge in [0.2, 0.25) is 0 Å². The lowest BCUT2D eigenvalue weighted by Gasteiger charge is -2.06. The number of halogens is 3. The molecule has 0 radical (unpaired) electrons. The third kappa shape index (κ3) is 3.27. The van der Waals surface area contributed by atoms with Crippen LogP contribution in [-0.4, -0.2) is 15.9 Å². The molecule has 0 fully saturated rings. The Labute approximate surface area is 124 Å². The Morgan fingerprint density at radius 1 is 1.37 bits per heavy atom. The molecule has 0 aliphatic carbocycles. The lowest BCUT2D eigenvalue weighted by atomic mass is 10.2. The number of carbonyl (C=O) groups is 1. The number of hydrogen-bond donors (Lipinski definition) is 2. The van der Waals surface area contributed by atoms with Gasteiger partial charge in [-0.05, 0) is 50.1 Å². The normalized spacial score (nSPS) is 10.3. The molecule has 0 bridgehead atoms. The maximum Gasteiger partial charge on any atom is 0.256 e. The molecular weight excluding hydrogens is 383 g/mol. The van der Waals surface area contributed by atoms with E-state index in [4.69, 9.17) is 5.73 Å². The number of nitrogens with two attached hydrogens (primary N) is 1. The van der Waals surface area contributed by atoms with Gasteiger partial charge in [0.05, 0.1) is 11.9 Å². The summed E-state index contributed by atoms with van der Waals surface area (Å²) in [5, 5.41) is 2.51.